The highest BCUT2D eigenvalue weighted by atomic mass is 19.1. The Morgan fingerprint density at radius 1 is 1.08 bits per heavy atom. The van der Waals surface area contributed by atoms with Gasteiger partial charge in [0.1, 0.15) is 17.2 Å². The third-order valence-corrected chi connectivity index (χ3v) is 2.10. The summed E-state index contributed by atoms with van der Waals surface area (Å²) in [6.45, 7) is 11.0. The molecule has 138 valence electrons. The number of halogens is 2. The second-order valence-corrected chi connectivity index (χ2v) is 6.13. The molecule has 1 aromatic carbocycles. The summed E-state index contributed by atoms with van der Waals surface area (Å²) < 4.78 is 29.9. The molecule has 0 saturated heterocycles. The van der Waals surface area contributed by atoms with Crippen molar-refractivity contribution in [3.63, 3.8) is 0 Å². The van der Waals surface area contributed by atoms with Crippen molar-refractivity contribution < 1.29 is 28.2 Å². The second kappa shape index (κ2) is 12.4. The molecule has 0 radical (unpaired) electrons. The van der Waals surface area contributed by atoms with Crippen molar-refractivity contribution in [1.82, 2.24) is 5.32 Å². The fourth-order valence-corrected chi connectivity index (χ4v) is 1.17. The smallest absolute Gasteiger partial charge is 0.293 e. The van der Waals surface area contributed by atoms with E-state index < -0.39 is 11.6 Å². The lowest BCUT2D eigenvalue weighted by molar-refractivity contribution is -0.138. The highest BCUT2D eigenvalue weighted by Crippen LogP contribution is 2.15. The summed E-state index contributed by atoms with van der Waals surface area (Å²) in [6, 6.07) is 2.77. The molecule has 0 aromatic heterocycles. The Morgan fingerprint density at radius 2 is 1.50 bits per heavy atom. The number of hydrogen-bond donors (Lipinski definition) is 2. The van der Waals surface area contributed by atoms with Crippen LogP contribution < -0.4 is 5.32 Å². The molecule has 0 spiro atoms. The lowest BCUT2D eigenvalue weighted by Crippen LogP contribution is -2.17. The van der Waals surface area contributed by atoms with Crippen LogP contribution in [0.1, 0.15) is 53.1 Å². The third-order valence-electron chi connectivity index (χ3n) is 2.10. The van der Waals surface area contributed by atoms with Crippen LogP contribution in [0.15, 0.2) is 18.2 Å². The highest BCUT2D eigenvalue weighted by Gasteiger charge is 2.07. The predicted octanol–water partition coefficient (Wildman–Crippen LogP) is 3.12. The number of nitrogens with one attached hydrogen (secondary N) is 1. The predicted molar refractivity (Wildman–Crippen MR) is 88.2 cm³/mol. The number of rotatable bonds is 4. The summed E-state index contributed by atoms with van der Waals surface area (Å²) in [5, 5.41) is 10.5. The molecule has 0 bridgehead atoms. The number of benzene rings is 1. The van der Waals surface area contributed by atoms with Crippen molar-refractivity contribution in [3.8, 4) is 0 Å². The van der Waals surface area contributed by atoms with Gasteiger partial charge in [-0.2, -0.15) is 0 Å². The number of aliphatic hydroxyl groups is 1. The monoisotopic (exact) mass is 347 g/mol. The van der Waals surface area contributed by atoms with E-state index in [0.717, 1.165) is 6.07 Å². The zero-order valence-electron chi connectivity index (χ0n) is 15.0. The van der Waals surface area contributed by atoms with E-state index in [-0.39, 0.29) is 17.7 Å². The van der Waals surface area contributed by atoms with Crippen LogP contribution in [0, 0.1) is 11.6 Å². The molecule has 0 aliphatic heterocycles. The number of ether oxygens (including phenoxy) is 1. The van der Waals surface area contributed by atoms with Gasteiger partial charge in [0.15, 0.2) is 0 Å². The van der Waals surface area contributed by atoms with Crippen molar-refractivity contribution in [3.05, 3.63) is 35.4 Å². The van der Waals surface area contributed by atoms with Crippen molar-refractivity contribution in [2.24, 2.45) is 0 Å². The van der Waals surface area contributed by atoms with Gasteiger partial charge in [-0.05, 0) is 59.2 Å². The molecule has 0 saturated carbocycles. The maximum absolute atomic E-state index is 12.7. The van der Waals surface area contributed by atoms with Gasteiger partial charge in [0.2, 0.25) is 6.41 Å². The van der Waals surface area contributed by atoms with Gasteiger partial charge >= 0.3 is 0 Å². The summed E-state index contributed by atoms with van der Waals surface area (Å²) in [4.78, 5) is 19.7. The van der Waals surface area contributed by atoms with Crippen LogP contribution in [0.2, 0.25) is 0 Å². The zero-order valence-corrected chi connectivity index (χ0v) is 15.0. The molecule has 5 nitrogen and oxygen atoms in total. The first-order valence-electron chi connectivity index (χ1n) is 7.38. The Hall–Kier alpha value is -2.02. The topological polar surface area (TPSA) is 75.6 Å². The van der Waals surface area contributed by atoms with E-state index in [4.69, 9.17) is 5.11 Å². The van der Waals surface area contributed by atoms with E-state index in [2.05, 4.69) is 10.1 Å². The first-order valence-corrected chi connectivity index (χ1v) is 7.38. The Labute approximate surface area is 142 Å². The van der Waals surface area contributed by atoms with E-state index in [9.17, 15) is 18.4 Å². The first kappa shape index (κ1) is 24.2. The molecule has 7 heteroatoms. The summed E-state index contributed by atoms with van der Waals surface area (Å²) in [6.07, 6.45) is 0.327. The molecule has 0 heterocycles. The molecule has 0 fully saturated rings. The van der Waals surface area contributed by atoms with Crippen LogP contribution >= 0.6 is 0 Å². The lowest BCUT2D eigenvalue weighted by Gasteiger charge is -2.14. The molecular formula is C17H27F2NO4. The number of carbonyl (C=O) groups is 2. The fourth-order valence-electron chi connectivity index (χ4n) is 1.17. The summed E-state index contributed by atoms with van der Waals surface area (Å²) in [5.41, 5.74) is 0.0893. The van der Waals surface area contributed by atoms with Crippen LogP contribution in [0.25, 0.3) is 0 Å². The minimum atomic E-state index is -0.644. The summed E-state index contributed by atoms with van der Waals surface area (Å²) in [7, 11) is 0. The van der Waals surface area contributed by atoms with E-state index in [1.54, 1.807) is 20.8 Å². The molecule has 24 heavy (non-hydrogen) atoms. The minimum Gasteiger partial charge on any atom is -0.462 e. The minimum absolute atomic E-state index is 0.167. The van der Waals surface area contributed by atoms with Gasteiger partial charge in [-0.15, -0.1) is 0 Å². The standard InChI is InChI=1S/C9H9F2NO.C5H10O2.C3H8O/c1-6(12-5-13)7-2-8(10)4-9(11)3-7;1-5(2,3)7-4-6;1-3(2)4/h2-6H,1H3,(H,12,13);4H,1-3H3;3-4H,1-2H3. The number of hydrogen-bond acceptors (Lipinski definition) is 4. The van der Waals surface area contributed by atoms with Crippen LogP contribution in [0.5, 0.6) is 0 Å². The average molecular weight is 347 g/mol. The van der Waals surface area contributed by atoms with E-state index in [0.29, 0.717) is 18.4 Å². The third kappa shape index (κ3) is 16.4. The van der Waals surface area contributed by atoms with Crippen LogP contribution in [0.4, 0.5) is 8.78 Å². The normalized spacial score (nSPS) is 11.2. The SMILES string of the molecule is CC(C)(C)OC=O.CC(C)O.CC(NC=O)c1cc(F)cc(F)c1. The Balaban J connectivity index is 0. The largest absolute Gasteiger partial charge is 0.462 e. The lowest BCUT2D eigenvalue weighted by atomic mass is 10.1. The summed E-state index contributed by atoms with van der Waals surface area (Å²) in [5.74, 6) is -1.29. The van der Waals surface area contributed by atoms with Gasteiger partial charge in [-0.1, -0.05) is 0 Å². The Kier molecular flexibility index (Phi) is 12.5. The molecule has 1 rings (SSSR count). The van der Waals surface area contributed by atoms with Crippen LogP contribution in [0.3, 0.4) is 0 Å². The fraction of sp³-hybridized carbons (Fsp3) is 0.529. The van der Waals surface area contributed by atoms with Crippen molar-refractivity contribution in [1.29, 1.82) is 0 Å². The van der Waals surface area contributed by atoms with Gasteiger partial charge in [-0.3, -0.25) is 9.59 Å². The Bertz CT molecular complexity index is 465. The van der Waals surface area contributed by atoms with Crippen molar-refractivity contribution >= 4 is 12.9 Å². The van der Waals surface area contributed by atoms with Gasteiger partial charge < -0.3 is 15.2 Å². The molecule has 2 N–H and O–H groups in total. The molecule has 1 unspecified atom stereocenters. The number of amides is 1. The van der Waals surface area contributed by atoms with Crippen molar-refractivity contribution in [2.75, 3.05) is 0 Å². The quantitative estimate of drug-likeness (QED) is 0.821. The van der Waals surface area contributed by atoms with Gasteiger partial charge in [0.25, 0.3) is 6.47 Å². The number of aliphatic hydroxyl groups excluding tert-OH is 1. The van der Waals surface area contributed by atoms with E-state index >= 15 is 0 Å². The van der Waals surface area contributed by atoms with Crippen LogP contribution in [-0.2, 0) is 14.3 Å². The zero-order chi connectivity index (χ0) is 19.3. The van der Waals surface area contributed by atoms with Crippen LogP contribution in [-0.4, -0.2) is 29.7 Å². The average Bonchev–Trinajstić information content (AvgIpc) is 2.36. The van der Waals surface area contributed by atoms with E-state index in [1.807, 2.05) is 20.8 Å². The second-order valence-electron chi connectivity index (χ2n) is 6.13. The molecule has 1 amide bonds. The maximum Gasteiger partial charge on any atom is 0.293 e. The highest BCUT2D eigenvalue weighted by molar-refractivity contribution is 5.47. The molecule has 0 aliphatic carbocycles. The number of carbonyl (C=O) groups excluding carboxylic acids is 2. The van der Waals surface area contributed by atoms with Gasteiger partial charge in [0, 0.05) is 12.2 Å². The maximum atomic E-state index is 12.7. The first-order chi connectivity index (χ1) is 10.9. The molecule has 1 aromatic rings. The van der Waals surface area contributed by atoms with E-state index in [1.165, 1.54) is 12.1 Å². The summed E-state index contributed by atoms with van der Waals surface area (Å²) >= 11 is 0. The Morgan fingerprint density at radius 3 is 1.75 bits per heavy atom. The molecule has 0 aliphatic rings. The van der Waals surface area contributed by atoms with Gasteiger partial charge in [0.05, 0.1) is 6.04 Å². The van der Waals surface area contributed by atoms with Crippen molar-refractivity contribution in [2.45, 2.75) is 59.3 Å². The molecule has 1 atom stereocenters. The van der Waals surface area contributed by atoms with Gasteiger partial charge in [-0.25, -0.2) is 8.78 Å². The molecular weight excluding hydrogens is 320 g/mol.